The van der Waals surface area contributed by atoms with Gasteiger partial charge in [0, 0.05) is 23.6 Å². The molecule has 1 aliphatic heterocycles. The topological polar surface area (TPSA) is 62.2 Å². The van der Waals surface area contributed by atoms with Gasteiger partial charge in [0.15, 0.2) is 0 Å². The van der Waals surface area contributed by atoms with Crippen LogP contribution in [0.4, 0.5) is 5.69 Å². The van der Waals surface area contributed by atoms with Crippen LogP contribution >= 0.6 is 0 Å². The molecule has 0 radical (unpaired) electrons. The van der Waals surface area contributed by atoms with Crippen molar-refractivity contribution in [3.63, 3.8) is 0 Å². The molecule has 31 heavy (non-hydrogen) atoms. The number of hydrogen-bond acceptors (Lipinski definition) is 3. The third-order valence-corrected chi connectivity index (χ3v) is 6.26. The van der Waals surface area contributed by atoms with E-state index in [2.05, 4.69) is 75.3 Å². The van der Waals surface area contributed by atoms with Crippen molar-refractivity contribution < 1.29 is 9.90 Å². The summed E-state index contributed by atoms with van der Waals surface area (Å²) in [5.74, 6) is -0.892. The molecule has 2 heterocycles. The first-order valence-corrected chi connectivity index (χ1v) is 10.7. The normalized spacial score (nSPS) is 17.5. The second kappa shape index (κ2) is 7.52. The lowest BCUT2D eigenvalue weighted by molar-refractivity contribution is 0.0696. The largest absolute Gasteiger partial charge is 0.478 e. The van der Waals surface area contributed by atoms with E-state index in [0.717, 1.165) is 34.4 Å². The van der Waals surface area contributed by atoms with E-state index < -0.39 is 5.97 Å². The van der Waals surface area contributed by atoms with E-state index in [1.165, 1.54) is 5.56 Å². The number of pyridine rings is 1. The maximum atomic E-state index is 11.4. The van der Waals surface area contributed by atoms with Gasteiger partial charge in [0.25, 0.3) is 0 Å². The first-order valence-electron chi connectivity index (χ1n) is 10.7. The van der Waals surface area contributed by atoms with E-state index in [1.807, 2.05) is 18.5 Å². The number of aromatic carboxylic acids is 1. The van der Waals surface area contributed by atoms with Gasteiger partial charge in [0.2, 0.25) is 0 Å². The molecule has 2 N–H and O–H groups in total. The van der Waals surface area contributed by atoms with Gasteiger partial charge in [-0.15, -0.1) is 0 Å². The molecule has 0 saturated heterocycles. The number of carbonyl (C=O) groups is 1. The number of anilines is 1. The number of nitrogens with zero attached hydrogens (tertiary/aromatic N) is 1. The molecule has 1 aliphatic rings. The zero-order valence-electron chi connectivity index (χ0n) is 18.9. The highest BCUT2D eigenvalue weighted by Gasteiger charge is 2.36. The van der Waals surface area contributed by atoms with Crippen LogP contribution in [-0.2, 0) is 11.8 Å². The third-order valence-electron chi connectivity index (χ3n) is 6.26. The lowest BCUT2D eigenvalue weighted by Gasteiger charge is -2.41. The number of hydrogen-bond donors (Lipinski definition) is 2. The highest BCUT2D eigenvalue weighted by Crippen LogP contribution is 2.45. The van der Waals surface area contributed by atoms with E-state index in [9.17, 15) is 9.90 Å². The Balaban J connectivity index is 1.66. The zero-order chi connectivity index (χ0) is 22.4. The minimum atomic E-state index is -0.892. The molecule has 1 aromatic heterocycles. The van der Waals surface area contributed by atoms with E-state index >= 15 is 0 Å². The number of benzene rings is 2. The lowest BCUT2D eigenvalue weighted by Crippen LogP contribution is -2.35. The number of nitrogens with one attached hydrogen (secondary N) is 1. The van der Waals surface area contributed by atoms with E-state index in [1.54, 1.807) is 12.1 Å². The molecule has 0 fully saturated rings. The molecular weight excluding hydrogens is 384 g/mol. The van der Waals surface area contributed by atoms with Crippen LogP contribution in [0.5, 0.6) is 0 Å². The minimum Gasteiger partial charge on any atom is -0.478 e. The van der Waals surface area contributed by atoms with Crippen LogP contribution in [-0.4, -0.2) is 16.1 Å². The fraction of sp³-hybridized carbons (Fsp3) is 0.333. The summed E-state index contributed by atoms with van der Waals surface area (Å²) >= 11 is 0. The Kier molecular flexibility index (Phi) is 5.12. The van der Waals surface area contributed by atoms with Gasteiger partial charge < -0.3 is 10.4 Å². The molecule has 4 nitrogen and oxygen atoms in total. The molecule has 4 rings (SSSR count). The average Bonchev–Trinajstić information content (AvgIpc) is 2.71. The van der Waals surface area contributed by atoms with Crippen molar-refractivity contribution >= 4 is 11.7 Å². The van der Waals surface area contributed by atoms with E-state index in [0.29, 0.717) is 5.56 Å². The molecule has 4 heteroatoms. The van der Waals surface area contributed by atoms with Crippen LogP contribution in [0, 0.1) is 5.41 Å². The highest BCUT2D eigenvalue weighted by atomic mass is 16.4. The van der Waals surface area contributed by atoms with Gasteiger partial charge in [-0.3, -0.25) is 4.98 Å². The number of aromatic nitrogens is 1. The van der Waals surface area contributed by atoms with Crippen molar-refractivity contribution in [2.75, 3.05) is 5.32 Å². The first-order chi connectivity index (χ1) is 14.5. The predicted octanol–water partition coefficient (Wildman–Crippen LogP) is 6.48. The average molecular weight is 415 g/mol. The van der Waals surface area contributed by atoms with Crippen LogP contribution in [0.15, 0.2) is 60.9 Å². The summed E-state index contributed by atoms with van der Waals surface area (Å²) in [6.45, 7) is 11.1. The van der Waals surface area contributed by atoms with Crippen LogP contribution in [0.3, 0.4) is 0 Å². The summed E-state index contributed by atoms with van der Waals surface area (Å²) in [6, 6.07) is 16.4. The molecule has 2 aromatic carbocycles. The summed E-state index contributed by atoms with van der Waals surface area (Å²) in [6.07, 6.45) is 4.65. The van der Waals surface area contributed by atoms with Crippen molar-refractivity contribution in [1.29, 1.82) is 0 Å². The number of fused-ring (bicyclic) bond motifs is 1. The summed E-state index contributed by atoms with van der Waals surface area (Å²) < 4.78 is 0. The van der Waals surface area contributed by atoms with Crippen LogP contribution in [0.2, 0.25) is 0 Å². The molecule has 1 unspecified atom stereocenters. The van der Waals surface area contributed by atoms with Crippen LogP contribution in [0.1, 0.15) is 67.7 Å². The Hall–Kier alpha value is -3.14. The van der Waals surface area contributed by atoms with Crippen LogP contribution < -0.4 is 5.32 Å². The SMILES string of the molecule is CC(C)(C)c1ccc(-c2cncc(C3Nc4ccc(C(=O)O)cc4CC3(C)C)c2)cc1. The molecule has 0 aliphatic carbocycles. The fourth-order valence-electron chi connectivity index (χ4n) is 4.43. The van der Waals surface area contributed by atoms with Gasteiger partial charge in [0.05, 0.1) is 11.6 Å². The Bertz CT molecular complexity index is 1120. The molecule has 0 amide bonds. The standard InChI is InChI=1S/C27H30N2O2/c1-26(2,3)22-9-6-17(7-10-22)20-13-21(16-28-15-20)24-27(4,5)14-19-12-18(25(30)31)8-11-23(19)29-24/h6-13,15-16,24,29H,14H2,1-5H3,(H,30,31). The van der Waals surface area contributed by atoms with Gasteiger partial charge >= 0.3 is 5.97 Å². The third kappa shape index (κ3) is 4.20. The summed E-state index contributed by atoms with van der Waals surface area (Å²) in [4.78, 5) is 15.9. The maximum absolute atomic E-state index is 11.4. The Morgan fingerprint density at radius 1 is 1.03 bits per heavy atom. The molecule has 0 bridgehead atoms. The fourth-order valence-corrected chi connectivity index (χ4v) is 4.43. The molecule has 160 valence electrons. The quantitative estimate of drug-likeness (QED) is 0.515. The van der Waals surface area contributed by atoms with Gasteiger partial charge in [-0.25, -0.2) is 4.79 Å². The molecule has 3 aromatic rings. The van der Waals surface area contributed by atoms with Crippen molar-refractivity contribution in [2.45, 2.75) is 52.5 Å². The Labute approximate surface area is 184 Å². The van der Waals surface area contributed by atoms with Gasteiger partial charge in [-0.05, 0) is 63.8 Å². The maximum Gasteiger partial charge on any atom is 0.335 e. The number of rotatable bonds is 3. The summed E-state index contributed by atoms with van der Waals surface area (Å²) in [5.41, 5.74) is 7.10. The van der Waals surface area contributed by atoms with E-state index in [4.69, 9.17) is 0 Å². The summed E-state index contributed by atoms with van der Waals surface area (Å²) in [7, 11) is 0. The smallest absolute Gasteiger partial charge is 0.335 e. The van der Waals surface area contributed by atoms with Gasteiger partial charge in [-0.2, -0.15) is 0 Å². The number of carboxylic acid groups (broad SMARTS) is 1. The molecule has 1 atom stereocenters. The van der Waals surface area contributed by atoms with Crippen LogP contribution in [0.25, 0.3) is 11.1 Å². The zero-order valence-corrected chi connectivity index (χ0v) is 18.9. The first kappa shape index (κ1) is 21.1. The van der Waals surface area contributed by atoms with Crippen molar-refractivity contribution in [3.05, 3.63) is 83.2 Å². The lowest BCUT2D eigenvalue weighted by atomic mass is 9.73. The molecule has 0 saturated carbocycles. The summed E-state index contributed by atoms with van der Waals surface area (Å²) in [5, 5.41) is 13.0. The van der Waals surface area contributed by atoms with Gasteiger partial charge in [0.1, 0.15) is 0 Å². The van der Waals surface area contributed by atoms with E-state index in [-0.39, 0.29) is 16.9 Å². The Morgan fingerprint density at radius 2 is 1.74 bits per heavy atom. The van der Waals surface area contributed by atoms with Crippen molar-refractivity contribution in [2.24, 2.45) is 5.41 Å². The van der Waals surface area contributed by atoms with Crippen molar-refractivity contribution in [1.82, 2.24) is 4.98 Å². The highest BCUT2D eigenvalue weighted by molar-refractivity contribution is 5.88. The van der Waals surface area contributed by atoms with Gasteiger partial charge in [-0.1, -0.05) is 58.9 Å². The minimum absolute atomic E-state index is 0.0805. The van der Waals surface area contributed by atoms with Crippen molar-refractivity contribution in [3.8, 4) is 11.1 Å². The number of carboxylic acids is 1. The second-order valence-electron chi connectivity index (χ2n) is 10.3. The molecular formula is C27H30N2O2. The molecule has 0 spiro atoms. The predicted molar refractivity (Wildman–Crippen MR) is 126 cm³/mol. The Morgan fingerprint density at radius 3 is 2.39 bits per heavy atom. The second-order valence-corrected chi connectivity index (χ2v) is 10.3. The monoisotopic (exact) mass is 414 g/mol.